The second-order valence-corrected chi connectivity index (χ2v) is 6.59. The van der Waals surface area contributed by atoms with E-state index in [9.17, 15) is 14.3 Å². The van der Waals surface area contributed by atoms with E-state index in [1.165, 1.54) is 37.3 Å². The van der Waals surface area contributed by atoms with Gasteiger partial charge in [-0.05, 0) is 49.4 Å². The molecule has 2 N–H and O–H groups in total. The Labute approximate surface area is 154 Å². The highest BCUT2D eigenvalue weighted by molar-refractivity contribution is 6.32. The minimum atomic E-state index is -1.72. The van der Waals surface area contributed by atoms with E-state index in [4.69, 9.17) is 16.9 Å². The number of carbonyl (C=O) groups excluding carboxylic acids is 1. The number of aromatic nitrogens is 1. The molecule has 3 rings (SSSR count). The van der Waals surface area contributed by atoms with E-state index < -0.39 is 11.5 Å². The zero-order chi connectivity index (χ0) is 18.9. The van der Waals surface area contributed by atoms with Crippen LogP contribution in [0, 0.1) is 17.1 Å². The lowest BCUT2D eigenvalue weighted by atomic mass is 10.1. The summed E-state index contributed by atoms with van der Waals surface area (Å²) in [4.78, 5) is 12.5. The quantitative estimate of drug-likeness (QED) is 0.734. The Bertz CT molecular complexity index is 1040. The standard InChI is InChI=1S/C19H15ClFN3O2/c1-19(26,11-24-7-6-12-8-14(21)3-5-17(12)24)18(25)23-15-4-2-13(10-22)16(20)9-15/h2-9,26H,11H2,1H3,(H,23,25). The number of hydrogen-bond donors (Lipinski definition) is 2. The highest BCUT2D eigenvalue weighted by atomic mass is 35.5. The molecule has 1 heterocycles. The Morgan fingerprint density at radius 3 is 2.81 bits per heavy atom. The van der Waals surface area contributed by atoms with Gasteiger partial charge in [0, 0.05) is 22.8 Å². The largest absolute Gasteiger partial charge is 0.378 e. The first-order valence-electron chi connectivity index (χ1n) is 7.78. The Morgan fingerprint density at radius 1 is 1.35 bits per heavy atom. The number of carbonyl (C=O) groups is 1. The topological polar surface area (TPSA) is 78.1 Å². The average molecular weight is 372 g/mol. The Balaban J connectivity index is 1.79. The molecule has 0 aliphatic carbocycles. The molecule has 0 saturated carbocycles. The molecule has 1 aromatic heterocycles. The van der Waals surface area contributed by atoms with Crippen molar-refractivity contribution in [1.82, 2.24) is 4.57 Å². The van der Waals surface area contributed by atoms with Crippen molar-refractivity contribution in [3.63, 3.8) is 0 Å². The third-order valence-electron chi connectivity index (χ3n) is 4.05. The average Bonchev–Trinajstić information content (AvgIpc) is 2.96. The summed E-state index contributed by atoms with van der Waals surface area (Å²) in [6.45, 7) is 1.38. The predicted octanol–water partition coefficient (Wildman–Crippen LogP) is 3.70. The van der Waals surface area contributed by atoms with Crippen LogP contribution in [0.1, 0.15) is 12.5 Å². The number of amides is 1. The number of nitrogens with zero attached hydrogens (tertiary/aromatic N) is 2. The summed E-state index contributed by atoms with van der Waals surface area (Å²) < 4.78 is 15.0. The summed E-state index contributed by atoms with van der Waals surface area (Å²) in [7, 11) is 0. The van der Waals surface area contributed by atoms with Crippen LogP contribution in [-0.2, 0) is 11.3 Å². The van der Waals surface area contributed by atoms with Crippen LogP contribution in [0.5, 0.6) is 0 Å². The molecule has 0 radical (unpaired) electrons. The maximum atomic E-state index is 13.3. The van der Waals surface area contributed by atoms with Crippen molar-refractivity contribution in [2.45, 2.75) is 19.1 Å². The van der Waals surface area contributed by atoms with Crippen molar-refractivity contribution in [1.29, 1.82) is 5.26 Å². The zero-order valence-electron chi connectivity index (χ0n) is 13.8. The number of halogens is 2. The first kappa shape index (κ1) is 17.9. The molecule has 0 saturated heterocycles. The number of nitriles is 1. The molecule has 7 heteroatoms. The molecule has 2 aromatic carbocycles. The van der Waals surface area contributed by atoms with Gasteiger partial charge in [-0.15, -0.1) is 0 Å². The first-order valence-corrected chi connectivity index (χ1v) is 8.16. The highest BCUT2D eigenvalue weighted by Crippen LogP contribution is 2.23. The smallest absolute Gasteiger partial charge is 0.257 e. The molecule has 1 amide bonds. The molecule has 26 heavy (non-hydrogen) atoms. The summed E-state index contributed by atoms with van der Waals surface area (Å²) in [5.41, 5.74) is -0.345. The molecule has 3 aromatic rings. The number of benzene rings is 2. The van der Waals surface area contributed by atoms with Crippen molar-refractivity contribution in [3.8, 4) is 6.07 Å². The number of aliphatic hydroxyl groups is 1. The third-order valence-corrected chi connectivity index (χ3v) is 4.36. The van der Waals surface area contributed by atoms with Gasteiger partial charge in [0.15, 0.2) is 5.60 Å². The second kappa shape index (κ2) is 6.79. The van der Waals surface area contributed by atoms with Gasteiger partial charge in [0.05, 0.1) is 17.1 Å². The molecule has 0 aliphatic rings. The molecule has 132 valence electrons. The van der Waals surface area contributed by atoms with E-state index in [2.05, 4.69) is 5.32 Å². The molecular weight excluding hydrogens is 357 g/mol. The Kier molecular flexibility index (Phi) is 4.68. The number of nitrogens with one attached hydrogen (secondary N) is 1. The molecule has 0 spiro atoms. The van der Waals surface area contributed by atoms with Crippen molar-refractivity contribution < 1.29 is 14.3 Å². The van der Waals surface area contributed by atoms with Gasteiger partial charge in [0.2, 0.25) is 0 Å². The summed E-state index contributed by atoms with van der Waals surface area (Å²) in [6, 6.07) is 12.4. The number of anilines is 1. The van der Waals surface area contributed by atoms with E-state index in [-0.39, 0.29) is 17.4 Å². The van der Waals surface area contributed by atoms with Crippen molar-refractivity contribution >= 4 is 34.1 Å². The molecule has 0 fully saturated rings. The van der Waals surface area contributed by atoms with Gasteiger partial charge in [-0.3, -0.25) is 4.79 Å². The van der Waals surface area contributed by atoms with Crippen LogP contribution < -0.4 is 5.32 Å². The van der Waals surface area contributed by atoms with E-state index >= 15 is 0 Å². The Morgan fingerprint density at radius 2 is 2.12 bits per heavy atom. The van der Waals surface area contributed by atoms with Gasteiger partial charge in [0.25, 0.3) is 5.91 Å². The lowest BCUT2D eigenvalue weighted by Crippen LogP contribution is -2.43. The molecule has 1 atom stereocenters. The second-order valence-electron chi connectivity index (χ2n) is 6.18. The van der Waals surface area contributed by atoms with Crippen molar-refractivity contribution in [3.05, 3.63) is 65.1 Å². The zero-order valence-corrected chi connectivity index (χ0v) is 14.6. The minimum Gasteiger partial charge on any atom is -0.378 e. The van der Waals surface area contributed by atoms with Gasteiger partial charge in [-0.1, -0.05) is 11.6 Å². The van der Waals surface area contributed by atoms with Gasteiger partial charge < -0.3 is 15.0 Å². The van der Waals surface area contributed by atoms with Crippen LogP contribution in [0.25, 0.3) is 10.9 Å². The van der Waals surface area contributed by atoms with E-state index in [1.807, 2.05) is 6.07 Å². The Hall–Kier alpha value is -2.88. The van der Waals surface area contributed by atoms with Gasteiger partial charge >= 0.3 is 0 Å². The van der Waals surface area contributed by atoms with E-state index in [0.29, 0.717) is 22.2 Å². The fraction of sp³-hybridized carbons (Fsp3) is 0.158. The number of rotatable bonds is 4. The molecular formula is C19H15ClFN3O2. The number of fused-ring (bicyclic) bond motifs is 1. The van der Waals surface area contributed by atoms with Gasteiger partial charge in [-0.2, -0.15) is 5.26 Å². The first-order chi connectivity index (χ1) is 12.3. The lowest BCUT2D eigenvalue weighted by Gasteiger charge is -2.23. The van der Waals surface area contributed by atoms with E-state index in [0.717, 1.165) is 0 Å². The molecule has 1 unspecified atom stereocenters. The summed E-state index contributed by atoms with van der Waals surface area (Å²) in [6.07, 6.45) is 1.68. The van der Waals surface area contributed by atoms with Crippen LogP contribution in [0.15, 0.2) is 48.7 Å². The number of hydrogen-bond acceptors (Lipinski definition) is 3. The van der Waals surface area contributed by atoms with Crippen LogP contribution in [-0.4, -0.2) is 21.2 Å². The van der Waals surface area contributed by atoms with Crippen LogP contribution in [0.2, 0.25) is 5.02 Å². The van der Waals surface area contributed by atoms with Crippen LogP contribution in [0.4, 0.5) is 10.1 Å². The van der Waals surface area contributed by atoms with Gasteiger partial charge in [-0.25, -0.2) is 4.39 Å². The van der Waals surface area contributed by atoms with Crippen molar-refractivity contribution in [2.75, 3.05) is 5.32 Å². The van der Waals surface area contributed by atoms with Crippen molar-refractivity contribution in [2.24, 2.45) is 0 Å². The van der Waals surface area contributed by atoms with Gasteiger partial charge in [0.1, 0.15) is 11.9 Å². The fourth-order valence-electron chi connectivity index (χ4n) is 2.66. The molecule has 5 nitrogen and oxygen atoms in total. The SMILES string of the molecule is CC(O)(Cn1ccc2cc(F)ccc21)C(=O)Nc1ccc(C#N)c(Cl)c1. The van der Waals surface area contributed by atoms with Crippen LogP contribution in [0.3, 0.4) is 0 Å². The summed E-state index contributed by atoms with van der Waals surface area (Å²) in [5.74, 6) is -0.973. The summed E-state index contributed by atoms with van der Waals surface area (Å²) in [5, 5.41) is 23.0. The molecule has 0 aliphatic heterocycles. The predicted molar refractivity (Wildman–Crippen MR) is 97.3 cm³/mol. The normalized spacial score (nSPS) is 13.2. The summed E-state index contributed by atoms with van der Waals surface area (Å²) >= 11 is 5.95. The highest BCUT2D eigenvalue weighted by Gasteiger charge is 2.31. The maximum Gasteiger partial charge on any atom is 0.257 e. The maximum absolute atomic E-state index is 13.3. The fourth-order valence-corrected chi connectivity index (χ4v) is 2.88. The van der Waals surface area contributed by atoms with Crippen LogP contribution >= 0.6 is 11.6 Å². The monoisotopic (exact) mass is 371 g/mol. The third kappa shape index (κ3) is 3.54. The van der Waals surface area contributed by atoms with E-state index in [1.54, 1.807) is 22.9 Å². The minimum absolute atomic E-state index is 0.0159. The molecule has 0 bridgehead atoms. The lowest BCUT2D eigenvalue weighted by molar-refractivity contribution is -0.133.